The highest BCUT2D eigenvalue weighted by Gasteiger charge is 2.29. The summed E-state index contributed by atoms with van der Waals surface area (Å²) in [7, 11) is 0. The van der Waals surface area contributed by atoms with Crippen molar-refractivity contribution < 1.29 is 14.3 Å². The summed E-state index contributed by atoms with van der Waals surface area (Å²) in [6.07, 6.45) is 3.95. The second-order valence-corrected chi connectivity index (χ2v) is 11.6. The van der Waals surface area contributed by atoms with E-state index in [9.17, 15) is 4.79 Å². The molecule has 1 amide bonds. The standard InChI is InChI=1S/C30H40N4O3/c1-6-36-28-32-26-15-20(2)7-10-27(26)34(28)25-11-13-33(14-12-25)19-21-16-22-8-9-24(18-23(22)17-21)31-29(35)37-30(3,4)5/h7-10,15,18,21,25H,6,11-14,16-17,19H2,1-5H3,(H,31,35). The minimum atomic E-state index is -0.506. The first kappa shape index (κ1) is 25.6. The Bertz CT molecular complexity index is 1270. The zero-order valence-corrected chi connectivity index (χ0v) is 22.8. The number of nitrogens with one attached hydrogen (secondary N) is 1. The van der Waals surface area contributed by atoms with Crippen molar-refractivity contribution >= 4 is 22.8 Å². The summed E-state index contributed by atoms with van der Waals surface area (Å²) >= 11 is 0. The van der Waals surface area contributed by atoms with Gasteiger partial charge in [0.2, 0.25) is 0 Å². The maximum Gasteiger partial charge on any atom is 0.412 e. The maximum absolute atomic E-state index is 12.2. The van der Waals surface area contributed by atoms with Crippen molar-refractivity contribution in [2.24, 2.45) is 5.92 Å². The van der Waals surface area contributed by atoms with Crippen LogP contribution in [0.3, 0.4) is 0 Å². The van der Waals surface area contributed by atoms with Crippen LogP contribution in [0, 0.1) is 12.8 Å². The highest BCUT2D eigenvalue weighted by molar-refractivity contribution is 5.85. The highest BCUT2D eigenvalue weighted by Crippen LogP contribution is 2.34. The number of anilines is 1. The second-order valence-electron chi connectivity index (χ2n) is 11.6. The molecule has 1 N–H and O–H groups in total. The third-order valence-corrected chi connectivity index (χ3v) is 7.39. The molecule has 3 aromatic rings. The molecule has 0 saturated carbocycles. The zero-order valence-electron chi connectivity index (χ0n) is 22.8. The van der Waals surface area contributed by atoms with Gasteiger partial charge in [-0.2, -0.15) is 4.98 Å². The third-order valence-electron chi connectivity index (χ3n) is 7.39. The number of piperidine rings is 1. The lowest BCUT2D eigenvalue weighted by Gasteiger charge is -2.34. The van der Waals surface area contributed by atoms with Crippen LogP contribution in [-0.2, 0) is 17.6 Å². The summed E-state index contributed by atoms with van der Waals surface area (Å²) in [5.74, 6) is 0.611. The molecule has 1 aliphatic carbocycles. The minimum Gasteiger partial charge on any atom is -0.465 e. The fourth-order valence-electron chi connectivity index (χ4n) is 5.83. The molecular formula is C30H40N4O3. The zero-order chi connectivity index (χ0) is 26.2. The molecule has 7 heteroatoms. The SMILES string of the molecule is CCOc1nc2cc(C)ccc2n1C1CCN(CC2Cc3ccc(NC(=O)OC(C)(C)C)cc3C2)CC1. The van der Waals surface area contributed by atoms with Gasteiger partial charge in [-0.25, -0.2) is 4.79 Å². The molecule has 1 unspecified atom stereocenters. The van der Waals surface area contributed by atoms with Crippen molar-refractivity contribution in [3.63, 3.8) is 0 Å². The van der Waals surface area contributed by atoms with E-state index in [2.05, 4.69) is 52.0 Å². The lowest BCUT2D eigenvalue weighted by molar-refractivity contribution is 0.0636. The maximum atomic E-state index is 12.2. The Hall–Kier alpha value is -3.06. The first-order valence-corrected chi connectivity index (χ1v) is 13.6. The van der Waals surface area contributed by atoms with E-state index in [0.29, 0.717) is 18.6 Å². The Morgan fingerprint density at radius 1 is 1.08 bits per heavy atom. The third kappa shape index (κ3) is 5.93. The number of fused-ring (bicyclic) bond motifs is 2. The van der Waals surface area contributed by atoms with Crippen molar-refractivity contribution in [2.45, 2.75) is 71.9 Å². The molecular weight excluding hydrogens is 464 g/mol. The van der Waals surface area contributed by atoms with Gasteiger partial charge in [0, 0.05) is 31.4 Å². The summed E-state index contributed by atoms with van der Waals surface area (Å²) in [5.41, 5.74) is 6.46. The number of ether oxygens (including phenoxy) is 2. The van der Waals surface area contributed by atoms with Gasteiger partial charge in [-0.15, -0.1) is 0 Å². The Morgan fingerprint density at radius 3 is 2.57 bits per heavy atom. The van der Waals surface area contributed by atoms with Gasteiger partial charge in [0.1, 0.15) is 5.60 Å². The van der Waals surface area contributed by atoms with E-state index in [1.54, 1.807) is 0 Å². The van der Waals surface area contributed by atoms with E-state index >= 15 is 0 Å². The number of carbonyl (C=O) groups is 1. The first-order chi connectivity index (χ1) is 17.7. The number of carbonyl (C=O) groups excluding carboxylic acids is 1. The van der Waals surface area contributed by atoms with Crippen molar-refractivity contribution in [3.8, 4) is 6.01 Å². The van der Waals surface area contributed by atoms with Crippen LogP contribution < -0.4 is 10.1 Å². The topological polar surface area (TPSA) is 68.6 Å². The van der Waals surface area contributed by atoms with Gasteiger partial charge in [0.05, 0.1) is 17.6 Å². The molecule has 1 saturated heterocycles. The quantitative estimate of drug-likeness (QED) is 0.437. The predicted molar refractivity (Wildman–Crippen MR) is 148 cm³/mol. The van der Waals surface area contributed by atoms with Crippen LogP contribution in [0.15, 0.2) is 36.4 Å². The second kappa shape index (κ2) is 10.4. The Kier molecular flexibility index (Phi) is 7.17. The van der Waals surface area contributed by atoms with Crippen LogP contribution in [0.2, 0.25) is 0 Å². The number of amides is 1. The smallest absolute Gasteiger partial charge is 0.412 e. The fourth-order valence-corrected chi connectivity index (χ4v) is 5.83. The number of imidazole rings is 1. The number of aryl methyl sites for hydroxylation is 1. The number of aromatic nitrogens is 2. The van der Waals surface area contributed by atoms with Gasteiger partial charge in [0.25, 0.3) is 6.01 Å². The van der Waals surface area contributed by atoms with Crippen LogP contribution in [0.25, 0.3) is 11.0 Å². The summed E-state index contributed by atoms with van der Waals surface area (Å²) in [4.78, 5) is 19.6. The average Bonchev–Trinajstić information content (AvgIpc) is 3.38. The molecule has 1 fully saturated rings. The molecule has 5 rings (SSSR count). The number of likely N-dealkylation sites (tertiary alicyclic amines) is 1. The largest absolute Gasteiger partial charge is 0.465 e. The van der Waals surface area contributed by atoms with E-state index in [0.717, 1.165) is 62.5 Å². The van der Waals surface area contributed by atoms with Gasteiger partial charge < -0.3 is 14.4 Å². The van der Waals surface area contributed by atoms with E-state index in [4.69, 9.17) is 14.5 Å². The van der Waals surface area contributed by atoms with E-state index in [-0.39, 0.29) is 0 Å². The monoisotopic (exact) mass is 504 g/mol. The minimum absolute atomic E-state index is 0.404. The van der Waals surface area contributed by atoms with Crippen LogP contribution in [-0.4, -0.2) is 52.4 Å². The molecule has 37 heavy (non-hydrogen) atoms. The van der Waals surface area contributed by atoms with Crippen LogP contribution in [0.1, 0.15) is 63.3 Å². The molecule has 2 aliphatic rings. The molecule has 1 aliphatic heterocycles. The van der Waals surface area contributed by atoms with Gasteiger partial charge in [-0.05, 0) is 107 Å². The van der Waals surface area contributed by atoms with E-state index < -0.39 is 11.7 Å². The molecule has 2 heterocycles. The fraction of sp³-hybridized carbons (Fsp3) is 0.533. The lowest BCUT2D eigenvalue weighted by atomic mass is 10.0. The van der Waals surface area contributed by atoms with Gasteiger partial charge in [0.15, 0.2) is 0 Å². The summed E-state index contributed by atoms with van der Waals surface area (Å²) in [6.45, 7) is 13.7. The first-order valence-electron chi connectivity index (χ1n) is 13.6. The predicted octanol–water partition coefficient (Wildman–Crippen LogP) is 6.14. The number of rotatable bonds is 6. The van der Waals surface area contributed by atoms with Gasteiger partial charge >= 0.3 is 6.09 Å². The molecule has 0 bridgehead atoms. The van der Waals surface area contributed by atoms with E-state index in [1.165, 1.54) is 22.2 Å². The Labute approximate surface area is 220 Å². The number of nitrogens with zero attached hydrogens (tertiary/aromatic N) is 3. The van der Waals surface area contributed by atoms with Gasteiger partial charge in [-0.3, -0.25) is 9.88 Å². The van der Waals surface area contributed by atoms with Crippen molar-refractivity contribution in [3.05, 3.63) is 53.1 Å². The summed E-state index contributed by atoms with van der Waals surface area (Å²) in [5, 5.41) is 2.88. The van der Waals surface area contributed by atoms with Gasteiger partial charge in [-0.1, -0.05) is 12.1 Å². The Morgan fingerprint density at radius 2 is 1.84 bits per heavy atom. The highest BCUT2D eigenvalue weighted by atomic mass is 16.6. The molecule has 1 aromatic heterocycles. The van der Waals surface area contributed by atoms with E-state index in [1.807, 2.05) is 33.8 Å². The molecule has 0 radical (unpaired) electrons. The molecule has 1 atom stereocenters. The number of hydrogen-bond donors (Lipinski definition) is 1. The van der Waals surface area contributed by atoms with Crippen LogP contribution in [0.5, 0.6) is 6.01 Å². The van der Waals surface area contributed by atoms with Crippen molar-refractivity contribution in [1.29, 1.82) is 0 Å². The van der Waals surface area contributed by atoms with Crippen LogP contribution >= 0.6 is 0 Å². The molecule has 198 valence electrons. The molecule has 7 nitrogen and oxygen atoms in total. The van der Waals surface area contributed by atoms with Crippen molar-refractivity contribution in [2.75, 3.05) is 31.6 Å². The summed E-state index contributed by atoms with van der Waals surface area (Å²) < 4.78 is 13.7. The molecule has 0 spiro atoms. The number of benzene rings is 2. The van der Waals surface area contributed by atoms with Crippen LogP contribution in [0.4, 0.5) is 10.5 Å². The average molecular weight is 505 g/mol. The number of hydrogen-bond acceptors (Lipinski definition) is 5. The van der Waals surface area contributed by atoms with Crippen molar-refractivity contribution in [1.82, 2.24) is 14.5 Å². The molecule has 2 aromatic carbocycles. The lowest BCUT2D eigenvalue weighted by Crippen LogP contribution is -2.38. The summed E-state index contributed by atoms with van der Waals surface area (Å²) in [6, 6.07) is 13.9. The normalized spacial score (nSPS) is 18.7. The Balaban J connectivity index is 1.18.